The van der Waals surface area contributed by atoms with E-state index in [2.05, 4.69) is 10.6 Å². The van der Waals surface area contributed by atoms with Crippen molar-refractivity contribution in [1.82, 2.24) is 10.6 Å². The first-order valence-corrected chi connectivity index (χ1v) is 12.5. The Labute approximate surface area is 227 Å². The monoisotopic (exact) mass is 522 g/mol. The van der Waals surface area contributed by atoms with Gasteiger partial charge in [0.2, 0.25) is 5.91 Å². The van der Waals surface area contributed by atoms with Crippen molar-refractivity contribution in [3.63, 3.8) is 0 Å². The Kier molecular flexibility index (Phi) is 8.10. The molecule has 0 bridgehead atoms. The van der Waals surface area contributed by atoms with Gasteiger partial charge in [-0.15, -0.1) is 0 Å². The SMILES string of the molecule is CNC(=O)CNC(=O)C(C)(C)Oc1ccc(C(=O)c2ccc(-c3ccc(-c4ccc(O)cc4)cc3)cc2)cc1. The van der Waals surface area contributed by atoms with Crippen LogP contribution in [-0.2, 0) is 9.59 Å². The molecule has 39 heavy (non-hydrogen) atoms. The van der Waals surface area contributed by atoms with Gasteiger partial charge in [-0.3, -0.25) is 14.4 Å². The second kappa shape index (κ2) is 11.6. The maximum Gasteiger partial charge on any atom is 0.264 e. The Morgan fingerprint density at radius 3 is 1.56 bits per heavy atom. The summed E-state index contributed by atoms with van der Waals surface area (Å²) in [4.78, 5) is 36.8. The van der Waals surface area contributed by atoms with Gasteiger partial charge in [0.1, 0.15) is 11.5 Å². The van der Waals surface area contributed by atoms with Gasteiger partial charge in [0.05, 0.1) is 6.54 Å². The lowest BCUT2D eigenvalue weighted by atomic mass is 9.97. The molecule has 4 rings (SSSR count). The molecule has 0 saturated carbocycles. The molecule has 0 heterocycles. The van der Waals surface area contributed by atoms with E-state index in [9.17, 15) is 19.5 Å². The summed E-state index contributed by atoms with van der Waals surface area (Å²) in [6.07, 6.45) is 0. The van der Waals surface area contributed by atoms with Crippen LogP contribution in [0.2, 0.25) is 0 Å². The highest BCUT2D eigenvalue weighted by molar-refractivity contribution is 6.09. The third kappa shape index (κ3) is 6.70. The van der Waals surface area contributed by atoms with E-state index in [0.717, 1.165) is 22.3 Å². The molecule has 3 N–H and O–H groups in total. The van der Waals surface area contributed by atoms with Gasteiger partial charge in [0.15, 0.2) is 11.4 Å². The molecule has 7 heteroatoms. The van der Waals surface area contributed by atoms with Gasteiger partial charge in [-0.25, -0.2) is 0 Å². The number of phenols is 1. The first-order chi connectivity index (χ1) is 18.7. The van der Waals surface area contributed by atoms with Crippen LogP contribution < -0.4 is 15.4 Å². The molecule has 0 aromatic heterocycles. The van der Waals surface area contributed by atoms with Gasteiger partial charge in [-0.2, -0.15) is 0 Å². The molecular formula is C32H30N2O5. The average molecular weight is 523 g/mol. The molecule has 0 unspecified atom stereocenters. The number of benzene rings is 4. The molecule has 0 radical (unpaired) electrons. The van der Waals surface area contributed by atoms with Crippen LogP contribution in [-0.4, -0.2) is 41.9 Å². The maximum atomic E-state index is 13.0. The van der Waals surface area contributed by atoms with Crippen LogP contribution in [0.15, 0.2) is 97.1 Å². The molecular weight excluding hydrogens is 492 g/mol. The molecule has 0 aliphatic rings. The molecule has 0 fully saturated rings. The molecule has 0 atom stereocenters. The standard InChI is InChI=1S/C32H30N2O5/c1-32(2,31(38)34-20-29(36)33-3)39-28-18-14-26(15-19-28)30(37)25-10-8-23(9-11-25)21-4-6-22(7-5-21)24-12-16-27(35)17-13-24/h4-19,35H,20H2,1-3H3,(H,33,36)(H,34,38). The number of ketones is 1. The van der Waals surface area contributed by atoms with Gasteiger partial charge in [-0.1, -0.05) is 60.7 Å². The van der Waals surface area contributed by atoms with Gasteiger partial charge >= 0.3 is 0 Å². The first kappa shape index (κ1) is 27.1. The number of rotatable bonds is 9. The van der Waals surface area contributed by atoms with Crippen LogP contribution in [0.3, 0.4) is 0 Å². The molecule has 0 spiro atoms. The summed E-state index contributed by atoms with van der Waals surface area (Å²) in [6.45, 7) is 3.07. The lowest BCUT2D eigenvalue weighted by Gasteiger charge is -2.25. The first-order valence-electron chi connectivity index (χ1n) is 12.5. The third-order valence-corrected chi connectivity index (χ3v) is 6.29. The summed E-state index contributed by atoms with van der Waals surface area (Å²) in [5.74, 6) is -0.200. The highest BCUT2D eigenvalue weighted by atomic mass is 16.5. The number of carbonyl (C=O) groups is 3. The van der Waals surface area contributed by atoms with Crippen molar-refractivity contribution in [3.05, 3.63) is 108 Å². The van der Waals surface area contributed by atoms with Crippen LogP contribution in [0.5, 0.6) is 11.5 Å². The molecule has 7 nitrogen and oxygen atoms in total. The van der Waals surface area contributed by atoms with Gasteiger partial charge in [-0.05, 0) is 72.5 Å². The summed E-state index contributed by atoms with van der Waals surface area (Å²) in [5.41, 5.74) is 3.93. The molecule has 198 valence electrons. The Morgan fingerprint density at radius 2 is 1.10 bits per heavy atom. The van der Waals surface area contributed by atoms with E-state index in [-0.39, 0.29) is 24.0 Å². The number of hydrogen-bond acceptors (Lipinski definition) is 5. The predicted octanol–water partition coefficient (Wildman–Crippen LogP) is 4.98. The second-order valence-electron chi connectivity index (χ2n) is 9.52. The van der Waals surface area contributed by atoms with E-state index in [1.165, 1.54) is 7.05 Å². The van der Waals surface area contributed by atoms with E-state index in [0.29, 0.717) is 16.9 Å². The Balaban J connectivity index is 1.39. The van der Waals surface area contributed by atoms with E-state index in [1.807, 2.05) is 48.5 Å². The van der Waals surface area contributed by atoms with E-state index in [4.69, 9.17) is 4.74 Å². The fraction of sp³-hybridized carbons (Fsp3) is 0.156. The zero-order valence-electron chi connectivity index (χ0n) is 22.0. The molecule has 0 aliphatic heterocycles. The number of likely N-dealkylation sites (N-methyl/N-ethyl adjacent to an activating group) is 1. The van der Waals surface area contributed by atoms with E-state index >= 15 is 0 Å². The smallest absolute Gasteiger partial charge is 0.264 e. The third-order valence-electron chi connectivity index (χ3n) is 6.29. The van der Waals surface area contributed by atoms with E-state index < -0.39 is 11.5 Å². The zero-order chi connectivity index (χ0) is 28.0. The summed E-state index contributed by atoms with van der Waals surface area (Å²) in [6, 6.07) is 29.2. The van der Waals surface area contributed by atoms with Gasteiger partial charge in [0, 0.05) is 18.2 Å². The normalized spacial score (nSPS) is 10.9. The van der Waals surface area contributed by atoms with Crippen molar-refractivity contribution in [3.8, 4) is 33.8 Å². The highest BCUT2D eigenvalue weighted by Crippen LogP contribution is 2.27. The summed E-state index contributed by atoms with van der Waals surface area (Å²) in [5, 5.41) is 14.5. The van der Waals surface area contributed by atoms with Crippen LogP contribution in [0.25, 0.3) is 22.3 Å². The number of amides is 2. The van der Waals surface area contributed by atoms with Gasteiger partial charge in [0.25, 0.3) is 5.91 Å². The fourth-order valence-electron chi connectivity index (χ4n) is 3.97. The minimum Gasteiger partial charge on any atom is -0.508 e. The van der Waals surface area contributed by atoms with Crippen LogP contribution >= 0.6 is 0 Å². The predicted molar refractivity (Wildman–Crippen MR) is 151 cm³/mol. The minimum atomic E-state index is -1.21. The van der Waals surface area contributed by atoms with Crippen LogP contribution in [0.4, 0.5) is 0 Å². The molecule has 2 amide bonds. The van der Waals surface area contributed by atoms with Crippen molar-refractivity contribution in [2.45, 2.75) is 19.4 Å². The maximum absolute atomic E-state index is 13.0. The second-order valence-corrected chi connectivity index (χ2v) is 9.52. The lowest BCUT2D eigenvalue weighted by Crippen LogP contribution is -2.49. The van der Waals surface area contributed by atoms with Crippen molar-refractivity contribution in [2.24, 2.45) is 0 Å². The number of carbonyl (C=O) groups excluding carboxylic acids is 3. The molecule has 0 aliphatic carbocycles. The number of hydrogen-bond donors (Lipinski definition) is 3. The molecule has 4 aromatic carbocycles. The number of phenolic OH excluding ortho intramolecular Hbond substituents is 1. The highest BCUT2D eigenvalue weighted by Gasteiger charge is 2.30. The van der Waals surface area contributed by atoms with Crippen molar-refractivity contribution in [2.75, 3.05) is 13.6 Å². The largest absolute Gasteiger partial charge is 0.508 e. The van der Waals surface area contributed by atoms with Gasteiger partial charge < -0.3 is 20.5 Å². The fourth-order valence-corrected chi connectivity index (χ4v) is 3.97. The van der Waals surface area contributed by atoms with Crippen molar-refractivity contribution < 1.29 is 24.2 Å². The van der Waals surface area contributed by atoms with E-state index in [1.54, 1.807) is 62.4 Å². The Hall–Kier alpha value is -4.91. The quantitative estimate of drug-likeness (QED) is 0.269. The summed E-state index contributed by atoms with van der Waals surface area (Å²) >= 11 is 0. The number of ether oxygens (including phenoxy) is 1. The minimum absolute atomic E-state index is 0.127. The van der Waals surface area contributed by atoms with Crippen LogP contribution in [0.1, 0.15) is 29.8 Å². The summed E-state index contributed by atoms with van der Waals surface area (Å²) < 4.78 is 5.81. The van der Waals surface area contributed by atoms with Crippen molar-refractivity contribution >= 4 is 17.6 Å². The lowest BCUT2D eigenvalue weighted by molar-refractivity contribution is -0.135. The average Bonchev–Trinajstić information content (AvgIpc) is 2.96. The Bertz CT molecular complexity index is 1460. The summed E-state index contributed by atoms with van der Waals surface area (Å²) in [7, 11) is 1.49. The van der Waals surface area contributed by atoms with Crippen LogP contribution in [0, 0.1) is 0 Å². The van der Waals surface area contributed by atoms with Crippen molar-refractivity contribution in [1.29, 1.82) is 0 Å². The number of nitrogens with one attached hydrogen (secondary N) is 2. The Morgan fingerprint density at radius 1 is 0.692 bits per heavy atom. The number of aromatic hydroxyl groups is 1. The zero-order valence-corrected chi connectivity index (χ0v) is 22.0. The topological polar surface area (TPSA) is 105 Å². The molecule has 4 aromatic rings. The molecule has 0 saturated heterocycles.